The van der Waals surface area contributed by atoms with Gasteiger partial charge in [-0.3, -0.25) is 14.5 Å². The number of nitrogens with one attached hydrogen (secondary N) is 2. The molecule has 0 aliphatic carbocycles. The van der Waals surface area contributed by atoms with E-state index in [-0.39, 0.29) is 18.4 Å². The van der Waals surface area contributed by atoms with Crippen molar-refractivity contribution in [1.82, 2.24) is 4.90 Å². The Hall–Kier alpha value is -2.80. The van der Waals surface area contributed by atoms with Crippen LogP contribution in [0.25, 0.3) is 0 Å². The Morgan fingerprint density at radius 2 is 1.68 bits per heavy atom. The van der Waals surface area contributed by atoms with Crippen molar-refractivity contribution in [1.29, 1.82) is 0 Å². The molecular formula is C18H19F2N3O2. The molecule has 0 aromatic heterocycles. The summed E-state index contributed by atoms with van der Waals surface area (Å²) in [5.74, 6) is -1.53. The van der Waals surface area contributed by atoms with Gasteiger partial charge in [-0.15, -0.1) is 0 Å². The van der Waals surface area contributed by atoms with Gasteiger partial charge in [-0.05, 0) is 56.4 Å². The van der Waals surface area contributed by atoms with Crippen LogP contribution in [0.2, 0.25) is 0 Å². The topological polar surface area (TPSA) is 61.4 Å². The molecule has 0 bridgehead atoms. The van der Waals surface area contributed by atoms with Crippen LogP contribution in [-0.4, -0.2) is 36.3 Å². The zero-order valence-electron chi connectivity index (χ0n) is 13.9. The van der Waals surface area contributed by atoms with Crippen LogP contribution >= 0.6 is 0 Å². The molecule has 7 heteroatoms. The average Bonchev–Trinajstić information content (AvgIpc) is 2.56. The molecule has 132 valence electrons. The Kier molecular flexibility index (Phi) is 6.19. The Bertz CT molecular complexity index is 750. The molecule has 0 heterocycles. The zero-order valence-corrected chi connectivity index (χ0v) is 13.9. The van der Waals surface area contributed by atoms with Crippen molar-refractivity contribution in [3.8, 4) is 0 Å². The van der Waals surface area contributed by atoms with Crippen LogP contribution in [-0.2, 0) is 9.59 Å². The molecule has 1 atom stereocenters. The van der Waals surface area contributed by atoms with Crippen LogP contribution in [0.1, 0.15) is 6.92 Å². The predicted octanol–water partition coefficient (Wildman–Crippen LogP) is 2.86. The molecule has 0 fully saturated rings. The van der Waals surface area contributed by atoms with Gasteiger partial charge in [0.25, 0.3) is 0 Å². The first-order valence-corrected chi connectivity index (χ1v) is 7.67. The molecule has 2 rings (SSSR count). The minimum Gasteiger partial charge on any atom is -0.325 e. The molecule has 0 radical (unpaired) electrons. The average molecular weight is 347 g/mol. The van der Waals surface area contributed by atoms with Crippen LogP contribution in [0.15, 0.2) is 48.5 Å². The van der Waals surface area contributed by atoms with Crippen LogP contribution < -0.4 is 10.6 Å². The van der Waals surface area contributed by atoms with Gasteiger partial charge < -0.3 is 10.6 Å². The summed E-state index contributed by atoms with van der Waals surface area (Å²) >= 11 is 0. The number of anilines is 2. The van der Waals surface area contributed by atoms with E-state index in [2.05, 4.69) is 10.6 Å². The molecule has 0 aliphatic heterocycles. The first-order valence-electron chi connectivity index (χ1n) is 7.67. The molecule has 0 aliphatic rings. The predicted molar refractivity (Wildman–Crippen MR) is 92.2 cm³/mol. The molecule has 0 saturated heterocycles. The third-order valence-corrected chi connectivity index (χ3v) is 3.65. The van der Waals surface area contributed by atoms with Crippen LogP contribution in [0, 0.1) is 11.6 Å². The maximum Gasteiger partial charge on any atom is 0.241 e. The maximum absolute atomic E-state index is 13.1. The maximum atomic E-state index is 13.1. The van der Waals surface area contributed by atoms with E-state index in [4.69, 9.17) is 0 Å². The Labute approximate surface area is 144 Å². The highest BCUT2D eigenvalue weighted by atomic mass is 19.1. The van der Waals surface area contributed by atoms with E-state index in [0.29, 0.717) is 11.4 Å². The summed E-state index contributed by atoms with van der Waals surface area (Å²) in [4.78, 5) is 25.8. The van der Waals surface area contributed by atoms with E-state index in [0.717, 1.165) is 0 Å². The fourth-order valence-electron chi connectivity index (χ4n) is 2.11. The van der Waals surface area contributed by atoms with E-state index in [1.807, 2.05) is 0 Å². The number of likely N-dealkylation sites (N-methyl/N-ethyl adjacent to an activating group) is 1. The summed E-state index contributed by atoms with van der Waals surface area (Å²) in [5, 5.41) is 5.22. The Balaban J connectivity index is 1.88. The third kappa shape index (κ3) is 5.65. The molecule has 0 spiro atoms. The number of rotatable bonds is 6. The van der Waals surface area contributed by atoms with Gasteiger partial charge in [-0.1, -0.05) is 6.07 Å². The van der Waals surface area contributed by atoms with Gasteiger partial charge in [0.05, 0.1) is 12.6 Å². The molecule has 2 amide bonds. The smallest absolute Gasteiger partial charge is 0.241 e. The number of hydrogen-bond donors (Lipinski definition) is 2. The normalized spacial score (nSPS) is 11.9. The van der Waals surface area contributed by atoms with Crippen molar-refractivity contribution in [2.75, 3.05) is 24.2 Å². The van der Waals surface area contributed by atoms with E-state index in [1.54, 1.807) is 24.9 Å². The monoisotopic (exact) mass is 347 g/mol. The molecule has 2 N–H and O–H groups in total. The minimum atomic E-state index is -0.594. The van der Waals surface area contributed by atoms with E-state index in [1.165, 1.54) is 42.5 Å². The van der Waals surface area contributed by atoms with Gasteiger partial charge in [-0.2, -0.15) is 0 Å². The van der Waals surface area contributed by atoms with Crippen molar-refractivity contribution in [3.63, 3.8) is 0 Å². The first-order chi connectivity index (χ1) is 11.8. The van der Waals surface area contributed by atoms with Crippen molar-refractivity contribution in [3.05, 3.63) is 60.2 Å². The molecule has 2 aromatic carbocycles. The van der Waals surface area contributed by atoms with Gasteiger partial charge in [-0.25, -0.2) is 8.78 Å². The number of benzene rings is 2. The molecule has 0 saturated carbocycles. The molecular weight excluding hydrogens is 328 g/mol. The van der Waals surface area contributed by atoms with E-state index < -0.39 is 17.7 Å². The number of halogens is 2. The van der Waals surface area contributed by atoms with Crippen LogP contribution in [0.3, 0.4) is 0 Å². The third-order valence-electron chi connectivity index (χ3n) is 3.65. The van der Waals surface area contributed by atoms with E-state index >= 15 is 0 Å². The summed E-state index contributed by atoms with van der Waals surface area (Å²) < 4.78 is 26.0. The quantitative estimate of drug-likeness (QED) is 0.845. The molecule has 2 aromatic rings. The first kappa shape index (κ1) is 18.5. The Morgan fingerprint density at radius 3 is 2.32 bits per heavy atom. The largest absolute Gasteiger partial charge is 0.325 e. The standard InChI is InChI=1S/C18H19F2N3O2/c1-12(18(25)22-15-8-6-13(19)7-9-15)23(2)11-17(24)21-16-5-3-4-14(20)10-16/h3-10,12H,11H2,1-2H3,(H,21,24)(H,22,25)/t12-/m1/s1. The van der Waals surface area contributed by atoms with Crippen molar-refractivity contribution >= 4 is 23.2 Å². The second-order valence-electron chi connectivity index (χ2n) is 5.65. The number of carbonyl (C=O) groups excluding carboxylic acids is 2. The summed E-state index contributed by atoms with van der Waals surface area (Å²) in [7, 11) is 1.63. The van der Waals surface area contributed by atoms with Gasteiger partial charge in [0, 0.05) is 11.4 Å². The highest BCUT2D eigenvalue weighted by molar-refractivity contribution is 5.96. The van der Waals surface area contributed by atoms with Crippen LogP contribution in [0.5, 0.6) is 0 Å². The summed E-state index contributed by atoms with van der Waals surface area (Å²) in [6, 6.07) is 10.4. The van der Waals surface area contributed by atoms with Gasteiger partial charge in [0.15, 0.2) is 0 Å². The second-order valence-corrected chi connectivity index (χ2v) is 5.65. The van der Waals surface area contributed by atoms with Crippen molar-refractivity contribution in [2.45, 2.75) is 13.0 Å². The highest BCUT2D eigenvalue weighted by Gasteiger charge is 2.20. The lowest BCUT2D eigenvalue weighted by Crippen LogP contribution is -2.43. The van der Waals surface area contributed by atoms with Gasteiger partial charge >= 0.3 is 0 Å². The number of nitrogens with zero attached hydrogens (tertiary/aromatic N) is 1. The minimum absolute atomic E-state index is 0.0471. The Morgan fingerprint density at radius 1 is 1.00 bits per heavy atom. The lowest BCUT2D eigenvalue weighted by molar-refractivity contribution is -0.122. The lowest BCUT2D eigenvalue weighted by atomic mass is 10.2. The van der Waals surface area contributed by atoms with Gasteiger partial charge in [0.2, 0.25) is 11.8 Å². The summed E-state index contributed by atoms with van der Waals surface area (Å²) in [6.45, 7) is 1.60. The number of carbonyl (C=O) groups is 2. The van der Waals surface area contributed by atoms with Crippen molar-refractivity contribution < 1.29 is 18.4 Å². The number of hydrogen-bond acceptors (Lipinski definition) is 3. The number of amides is 2. The highest BCUT2D eigenvalue weighted by Crippen LogP contribution is 2.11. The van der Waals surface area contributed by atoms with Crippen LogP contribution in [0.4, 0.5) is 20.2 Å². The molecule has 25 heavy (non-hydrogen) atoms. The summed E-state index contributed by atoms with van der Waals surface area (Å²) in [6.07, 6.45) is 0. The fraction of sp³-hybridized carbons (Fsp3) is 0.222. The summed E-state index contributed by atoms with van der Waals surface area (Å²) in [5.41, 5.74) is 0.817. The second kappa shape index (κ2) is 8.34. The fourth-order valence-corrected chi connectivity index (χ4v) is 2.11. The lowest BCUT2D eigenvalue weighted by Gasteiger charge is -2.23. The SMILES string of the molecule is C[C@H](C(=O)Nc1ccc(F)cc1)N(C)CC(=O)Nc1cccc(F)c1. The van der Waals surface area contributed by atoms with Crippen molar-refractivity contribution in [2.24, 2.45) is 0 Å². The zero-order chi connectivity index (χ0) is 18.4. The van der Waals surface area contributed by atoms with Gasteiger partial charge in [0.1, 0.15) is 11.6 Å². The molecule has 5 nitrogen and oxygen atoms in total. The van der Waals surface area contributed by atoms with E-state index in [9.17, 15) is 18.4 Å². The molecule has 0 unspecified atom stereocenters.